The van der Waals surface area contributed by atoms with E-state index >= 15 is 0 Å². The summed E-state index contributed by atoms with van der Waals surface area (Å²) in [7, 11) is -3.16. The summed E-state index contributed by atoms with van der Waals surface area (Å²) in [5.41, 5.74) is -1.35. The highest BCUT2D eigenvalue weighted by molar-refractivity contribution is 7.91. The van der Waals surface area contributed by atoms with E-state index in [0.29, 0.717) is 17.1 Å². The highest BCUT2D eigenvalue weighted by Crippen LogP contribution is 2.33. The largest absolute Gasteiger partial charge is 0.478 e. The van der Waals surface area contributed by atoms with Crippen molar-refractivity contribution < 1.29 is 45.4 Å². The highest BCUT2D eigenvalue weighted by Gasteiger charge is 2.36. The van der Waals surface area contributed by atoms with Gasteiger partial charge in [0, 0.05) is 35.9 Å². The number of alkyl halides is 3. The predicted octanol–water partition coefficient (Wildman–Crippen LogP) is 3.61. The van der Waals surface area contributed by atoms with Gasteiger partial charge >= 0.3 is 6.18 Å². The number of nitrogens with one attached hydrogen (secondary N) is 1. The highest BCUT2D eigenvalue weighted by atomic mass is 32.2. The fourth-order valence-corrected chi connectivity index (χ4v) is 5.96. The number of hydrogen-bond acceptors (Lipinski definition) is 8. The number of ether oxygens (including phenoxy) is 2. The topological polar surface area (TPSA) is 132 Å². The number of hydrogen-bond donors (Lipinski definition) is 2. The smallest absolute Gasteiger partial charge is 0.422 e. The molecule has 0 aliphatic carbocycles. The Balaban J connectivity index is 1.67. The van der Waals surface area contributed by atoms with Crippen LogP contribution in [0.3, 0.4) is 0 Å². The second-order valence-electron chi connectivity index (χ2n) is 10.6. The lowest BCUT2D eigenvalue weighted by Crippen LogP contribution is -2.51. The number of amides is 1. The van der Waals surface area contributed by atoms with Crippen LogP contribution in [0.25, 0.3) is 5.52 Å². The summed E-state index contributed by atoms with van der Waals surface area (Å²) in [6, 6.07) is 3.56. The van der Waals surface area contributed by atoms with Crippen LogP contribution in [-0.4, -0.2) is 69.5 Å². The van der Waals surface area contributed by atoms with Gasteiger partial charge in [-0.1, -0.05) is 0 Å². The summed E-state index contributed by atoms with van der Waals surface area (Å²) in [5.74, 6) is -2.52. The molecular weight excluding hydrogens is 560 g/mol. The van der Waals surface area contributed by atoms with Gasteiger partial charge in [-0.25, -0.2) is 22.3 Å². The van der Waals surface area contributed by atoms with Crippen LogP contribution in [0.5, 0.6) is 17.4 Å². The Morgan fingerprint density at radius 1 is 1.23 bits per heavy atom. The van der Waals surface area contributed by atoms with Crippen molar-refractivity contribution in [3.63, 3.8) is 0 Å². The SMILES string of the molecule is CC(C)(O)Cc1c(C(=O)NC2(C)CCS(=O)(=O)CC2)nn2ccc(Oc3ncc(F)cc3OCC(F)(F)F)cc12. The molecule has 0 aromatic carbocycles. The first-order chi connectivity index (χ1) is 18.4. The summed E-state index contributed by atoms with van der Waals surface area (Å²) >= 11 is 0. The van der Waals surface area contributed by atoms with Crippen LogP contribution in [-0.2, 0) is 16.3 Å². The van der Waals surface area contributed by atoms with Gasteiger partial charge in [0.05, 0.1) is 28.8 Å². The summed E-state index contributed by atoms with van der Waals surface area (Å²) < 4.78 is 87.0. The zero-order valence-electron chi connectivity index (χ0n) is 21.9. The number of fused-ring (bicyclic) bond motifs is 1. The van der Waals surface area contributed by atoms with Gasteiger partial charge < -0.3 is 19.9 Å². The molecule has 4 rings (SSSR count). The van der Waals surface area contributed by atoms with Gasteiger partial charge in [0.1, 0.15) is 21.4 Å². The first-order valence-electron chi connectivity index (χ1n) is 12.2. The van der Waals surface area contributed by atoms with Gasteiger partial charge in [-0.15, -0.1) is 0 Å². The van der Waals surface area contributed by atoms with Gasteiger partial charge in [-0.2, -0.15) is 18.3 Å². The molecule has 3 aromatic rings. The van der Waals surface area contributed by atoms with Crippen LogP contribution in [0.15, 0.2) is 30.6 Å². The molecule has 0 atom stereocenters. The molecule has 0 unspecified atom stereocenters. The van der Waals surface area contributed by atoms with E-state index in [2.05, 4.69) is 20.1 Å². The van der Waals surface area contributed by atoms with Crippen molar-refractivity contribution in [3.8, 4) is 17.4 Å². The summed E-state index contributed by atoms with van der Waals surface area (Å²) in [5, 5.41) is 17.8. The zero-order chi connectivity index (χ0) is 29.5. The number of nitrogens with zero attached hydrogens (tertiary/aromatic N) is 3. The Hall–Kier alpha value is -3.46. The van der Waals surface area contributed by atoms with Gasteiger partial charge in [-0.05, 0) is 39.7 Å². The maximum atomic E-state index is 13.7. The van der Waals surface area contributed by atoms with Gasteiger partial charge in [-0.3, -0.25) is 4.79 Å². The van der Waals surface area contributed by atoms with Crippen molar-refractivity contribution >= 4 is 21.3 Å². The number of pyridine rings is 2. The molecule has 40 heavy (non-hydrogen) atoms. The van der Waals surface area contributed by atoms with E-state index in [9.17, 15) is 35.9 Å². The minimum Gasteiger partial charge on any atom is -0.478 e. The standard InChI is InChI=1S/C25H28F4N4O6S/c1-23(2,35)12-17-18-11-16(39-22-19(10-15(26)13-30-22)38-14-25(27,28)29)4-7-33(18)32-20(17)21(34)31-24(3)5-8-40(36,37)9-6-24/h4,7,10-11,13,35H,5-6,8-9,12,14H2,1-3H3,(H,31,34). The molecule has 1 amide bonds. The van der Waals surface area contributed by atoms with Crippen LogP contribution < -0.4 is 14.8 Å². The lowest BCUT2D eigenvalue weighted by Gasteiger charge is -2.34. The van der Waals surface area contributed by atoms with E-state index in [1.54, 1.807) is 20.8 Å². The number of halogens is 4. The molecule has 1 aliphatic rings. The van der Waals surface area contributed by atoms with E-state index in [1.807, 2.05) is 0 Å². The first kappa shape index (κ1) is 29.5. The third kappa shape index (κ3) is 7.38. The molecule has 1 aliphatic heterocycles. The Morgan fingerprint density at radius 3 is 2.52 bits per heavy atom. The van der Waals surface area contributed by atoms with Crippen LogP contribution in [0.1, 0.15) is 49.7 Å². The summed E-state index contributed by atoms with van der Waals surface area (Å²) in [6.45, 7) is 3.15. The normalized spacial score (nSPS) is 17.0. The molecule has 0 bridgehead atoms. The second-order valence-corrected chi connectivity index (χ2v) is 12.9. The number of aliphatic hydroxyl groups is 1. The minimum atomic E-state index is -4.67. The van der Waals surface area contributed by atoms with Crippen molar-refractivity contribution in [1.82, 2.24) is 19.9 Å². The number of rotatable bonds is 8. The van der Waals surface area contributed by atoms with Crippen LogP contribution in [0.2, 0.25) is 0 Å². The van der Waals surface area contributed by atoms with Crippen molar-refractivity contribution in [2.45, 2.75) is 57.3 Å². The average Bonchev–Trinajstić information content (AvgIpc) is 3.17. The van der Waals surface area contributed by atoms with Crippen molar-refractivity contribution in [2.75, 3.05) is 18.1 Å². The third-order valence-electron chi connectivity index (χ3n) is 6.27. The lowest BCUT2D eigenvalue weighted by molar-refractivity contribution is -0.153. The third-order valence-corrected chi connectivity index (χ3v) is 7.92. The van der Waals surface area contributed by atoms with Crippen LogP contribution >= 0.6 is 0 Å². The molecule has 218 valence electrons. The Labute approximate surface area is 227 Å². The average molecular weight is 589 g/mol. The molecule has 1 fully saturated rings. The predicted molar refractivity (Wildman–Crippen MR) is 135 cm³/mol. The Kier molecular flexibility index (Phi) is 7.75. The first-order valence-corrected chi connectivity index (χ1v) is 14.0. The maximum Gasteiger partial charge on any atom is 0.422 e. The Morgan fingerprint density at radius 2 is 1.90 bits per heavy atom. The van der Waals surface area contributed by atoms with Crippen molar-refractivity contribution in [1.29, 1.82) is 0 Å². The van der Waals surface area contributed by atoms with Gasteiger partial charge in [0.25, 0.3) is 11.8 Å². The van der Waals surface area contributed by atoms with Crippen molar-refractivity contribution in [3.05, 3.63) is 47.7 Å². The molecule has 0 radical (unpaired) electrons. The van der Waals surface area contributed by atoms with Crippen LogP contribution in [0.4, 0.5) is 17.6 Å². The minimum absolute atomic E-state index is 0.00281. The summed E-state index contributed by atoms with van der Waals surface area (Å²) in [6.07, 6.45) is -2.03. The van der Waals surface area contributed by atoms with Gasteiger partial charge in [0.2, 0.25) is 0 Å². The molecule has 0 spiro atoms. The molecular formula is C25H28F4N4O6S. The fraction of sp³-hybridized carbons (Fsp3) is 0.480. The van der Waals surface area contributed by atoms with E-state index in [1.165, 1.54) is 22.8 Å². The lowest BCUT2D eigenvalue weighted by atomic mass is 9.93. The monoisotopic (exact) mass is 588 g/mol. The molecule has 4 heterocycles. The molecule has 3 aromatic heterocycles. The van der Waals surface area contributed by atoms with E-state index in [-0.39, 0.29) is 42.2 Å². The van der Waals surface area contributed by atoms with E-state index < -0.39 is 57.1 Å². The fourth-order valence-electron chi connectivity index (χ4n) is 4.23. The number of carbonyl (C=O) groups is 1. The molecule has 15 heteroatoms. The Bertz CT molecular complexity index is 1520. The molecule has 10 nitrogen and oxygen atoms in total. The van der Waals surface area contributed by atoms with Crippen molar-refractivity contribution in [2.24, 2.45) is 0 Å². The zero-order valence-corrected chi connectivity index (χ0v) is 22.7. The molecule has 1 saturated heterocycles. The number of sulfone groups is 1. The van der Waals surface area contributed by atoms with Crippen LogP contribution in [0, 0.1) is 5.82 Å². The molecule has 0 saturated carbocycles. The second kappa shape index (κ2) is 10.5. The summed E-state index contributed by atoms with van der Waals surface area (Å²) in [4.78, 5) is 17.1. The van der Waals surface area contributed by atoms with E-state index in [0.717, 1.165) is 6.20 Å². The maximum absolute atomic E-state index is 13.7. The number of carbonyl (C=O) groups excluding carboxylic acids is 1. The van der Waals surface area contributed by atoms with E-state index in [4.69, 9.17) is 4.74 Å². The molecule has 2 N–H and O–H groups in total. The van der Waals surface area contributed by atoms with Gasteiger partial charge in [0.15, 0.2) is 18.1 Å². The quantitative estimate of drug-likeness (QED) is 0.382. The number of aromatic nitrogens is 3.